The minimum absolute atomic E-state index is 0.0194. The molecule has 33 heavy (non-hydrogen) atoms. The predicted molar refractivity (Wildman–Crippen MR) is 124 cm³/mol. The average Bonchev–Trinajstić information content (AvgIpc) is 3.36. The summed E-state index contributed by atoms with van der Waals surface area (Å²) in [7, 11) is 1.76. The summed E-state index contributed by atoms with van der Waals surface area (Å²) in [5.41, 5.74) is 2.79. The van der Waals surface area contributed by atoms with Crippen molar-refractivity contribution in [2.75, 3.05) is 25.5 Å². The van der Waals surface area contributed by atoms with Crippen molar-refractivity contribution in [3.8, 4) is 5.75 Å². The van der Waals surface area contributed by atoms with Gasteiger partial charge in [-0.2, -0.15) is 0 Å². The van der Waals surface area contributed by atoms with Crippen molar-refractivity contribution in [3.05, 3.63) is 40.3 Å². The lowest BCUT2D eigenvalue weighted by Crippen LogP contribution is -2.54. The zero-order chi connectivity index (χ0) is 23.4. The SMILES string of the molecule is CCCNC(=O)C[C@@H]1CC[C@H]2[C@@H](COc3ccc(NC(=O)c4cscn4)cc3C(=O)N2C)O1. The van der Waals surface area contributed by atoms with Gasteiger partial charge in [0.2, 0.25) is 5.91 Å². The second-order valence-corrected chi connectivity index (χ2v) is 8.98. The number of hydrogen-bond acceptors (Lipinski definition) is 7. The molecule has 0 saturated carbocycles. The van der Waals surface area contributed by atoms with Gasteiger partial charge in [0.15, 0.2) is 0 Å². The first-order valence-corrected chi connectivity index (χ1v) is 12.1. The van der Waals surface area contributed by atoms with Gasteiger partial charge in [-0.05, 0) is 37.5 Å². The molecule has 2 aromatic rings. The number of carbonyl (C=O) groups is 3. The second-order valence-electron chi connectivity index (χ2n) is 8.26. The number of hydrogen-bond donors (Lipinski definition) is 2. The molecule has 2 N–H and O–H groups in total. The highest BCUT2D eigenvalue weighted by atomic mass is 32.1. The van der Waals surface area contributed by atoms with E-state index >= 15 is 0 Å². The number of ether oxygens (including phenoxy) is 2. The summed E-state index contributed by atoms with van der Waals surface area (Å²) in [6, 6.07) is 4.84. The van der Waals surface area contributed by atoms with Gasteiger partial charge in [0.25, 0.3) is 11.8 Å². The number of thiazole rings is 1. The van der Waals surface area contributed by atoms with Crippen LogP contribution < -0.4 is 15.4 Å². The Hall–Kier alpha value is -2.98. The van der Waals surface area contributed by atoms with E-state index < -0.39 is 0 Å². The first kappa shape index (κ1) is 23.2. The van der Waals surface area contributed by atoms with Crippen LogP contribution in [-0.4, -0.2) is 66.1 Å². The summed E-state index contributed by atoms with van der Waals surface area (Å²) in [4.78, 5) is 43.4. The van der Waals surface area contributed by atoms with E-state index in [1.807, 2.05) is 6.92 Å². The van der Waals surface area contributed by atoms with Crippen LogP contribution in [0, 0.1) is 0 Å². The first-order valence-electron chi connectivity index (χ1n) is 11.1. The second kappa shape index (κ2) is 10.3. The van der Waals surface area contributed by atoms with Crippen LogP contribution >= 0.6 is 11.3 Å². The summed E-state index contributed by atoms with van der Waals surface area (Å²) in [6.07, 6.45) is 2.08. The lowest BCUT2D eigenvalue weighted by Gasteiger charge is -2.42. The molecule has 9 nitrogen and oxygen atoms in total. The molecule has 176 valence electrons. The van der Waals surface area contributed by atoms with Gasteiger partial charge in [-0.15, -0.1) is 11.3 Å². The van der Waals surface area contributed by atoms with Gasteiger partial charge in [0, 0.05) is 24.7 Å². The molecule has 0 spiro atoms. The molecule has 0 bridgehead atoms. The highest BCUT2D eigenvalue weighted by molar-refractivity contribution is 7.07. The van der Waals surface area contributed by atoms with Gasteiger partial charge in [0.1, 0.15) is 24.2 Å². The number of carbonyl (C=O) groups excluding carboxylic acids is 3. The third-order valence-corrected chi connectivity index (χ3v) is 6.51. The molecular weight excluding hydrogens is 444 g/mol. The van der Waals surface area contributed by atoms with Crippen LogP contribution in [0.15, 0.2) is 29.1 Å². The largest absolute Gasteiger partial charge is 0.490 e. The fraction of sp³-hybridized carbons (Fsp3) is 0.478. The first-order chi connectivity index (χ1) is 16.0. The maximum Gasteiger partial charge on any atom is 0.275 e. The van der Waals surface area contributed by atoms with Gasteiger partial charge in [-0.3, -0.25) is 14.4 Å². The summed E-state index contributed by atoms with van der Waals surface area (Å²) in [6.45, 7) is 2.93. The summed E-state index contributed by atoms with van der Waals surface area (Å²) in [5, 5.41) is 7.32. The molecule has 4 rings (SSSR count). The predicted octanol–water partition coefficient (Wildman–Crippen LogP) is 2.69. The Morgan fingerprint density at radius 1 is 1.30 bits per heavy atom. The van der Waals surface area contributed by atoms with Crippen molar-refractivity contribution in [2.45, 2.75) is 50.9 Å². The molecule has 2 aliphatic rings. The van der Waals surface area contributed by atoms with Crippen molar-refractivity contribution in [3.63, 3.8) is 0 Å². The highest BCUT2D eigenvalue weighted by Crippen LogP contribution is 2.32. The van der Waals surface area contributed by atoms with E-state index in [9.17, 15) is 14.4 Å². The maximum absolute atomic E-state index is 13.3. The zero-order valence-corrected chi connectivity index (χ0v) is 19.5. The average molecular weight is 473 g/mol. The van der Waals surface area contributed by atoms with Crippen LogP contribution in [0.25, 0.3) is 0 Å². The highest BCUT2D eigenvalue weighted by Gasteiger charge is 2.39. The van der Waals surface area contributed by atoms with Crippen molar-refractivity contribution in [2.24, 2.45) is 0 Å². The number of likely N-dealkylation sites (N-methyl/N-ethyl adjacent to an activating group) is 1. The van der Waals surface area contributed by atoms with Gasteiger partial charge < -0.3 is 25.0 Å². The van der Waals surface area contributed by atoms with Crippen molar-refractivity contribution in [1.82, 2.24) is 15.2 Å². The van der Waals surface area contributed by atoms with E-state index in [0.717, 1.165) is 12.8 Å². The number of fused-ring (bicyclic) bond motifs is 2. The van der Waals surface area contributed by atoms with Gasteiger partial charge >= 0.3 is 0 Å². The maximum atomic E-state index is 13.3. The number of amides is 3. The molecule has 3 amide bonds. The summed E-state index contributed by atoms with van der Waals surface area (Å²) >= 11 is 1.34. The summed E-state index contributed by atoms with van der Waals surface area (Å²) in [5.74, 6) is -0.122. The molecular formula is C23H28N4O5S. The van der Waals surface area contributed by atoms with Gasteiger partial charge in [-0.1, -0.05) is 6.92 Å². The fourth-order valence-corrected chi connectivity index (χ4v) is 4.70. The standard InChI is InChI=1S/C23H28N4O5S/c1-3-8-24-21(28)10-15-5-6-18-20(32-15)11-31-19-7-4-14(9-16(19)23(30)27(18)2)26-22(29)17-12-33-13-25-17/h4,7,9,12-13,15,18,20H,3,5-6,8,10-11H2,1-2H3,(H,24,28)(H,26,29)/t15-,18-,20+/m0/s1. The van der Waals surface area contributed by atoms with Crippen LogP contribution in [0.4, 0.5) is 5.69 Å². The van der Waals surface area contributed by atoms with E-state index in [-0.39, 0.29) is 42.6 Å². The normalized spacial score (nSPS) is 22.3. The van der Waals surface area contributed by atoms with Crippen LogP contribution in [0.2, 0.25) is 0 Å². The zero-order valence-electron chi connectivity index (χ0n) is 18.7. The Morgan fingerprint density at radius 3 is 2.91 bits per heavy atom. The van der Waals surface area contributed by atoms with E-state index in [1.165, 1.54) is 11.3 Å². The lowest BCUT2D eigenvalue weighted by molar-refractivity contribution is -0.134. The van der Waals surface area contributed by atoms with E-state index in [1.54, 1.807) is 41.0 Å². The molecule has 1 aromatic heterocycles. The molecule has 1 saturated heterocycles. The Bertz CT molecular complexity index is 1010. The molecule has 3 atom stereocenters. The van der Waals surface area contributed by atoms with Crippen LogP contribution in [-0.2, 0) is 9.53 Å². The van der Waals surface area contributed by atoms with Gasteiger partial charge in [-0.25, -0.2) is 4.98 Å². The molecule has 1 aromatic carbocycles. The number of rotatable bonds is 6. The Morgan fingerprint density at radius 2 is 2.15 bits per heavy atom. The van der Waals surface area contributed by atoms with Crippen molar-refractivity contribution >= 4 is 34.7 Å². The number of benzene rings is 1. The molecule has 0 radical (unpaired) electrons. The molecule has 1 fully saturated rings. The number of aromatic nitrogens is 1. The molecule has 2 aliphatic heterocycles. The Labute approximate surface area is 196 Å². The van der Waals surface area contributed by atoms with E-state index in [0.29, 0.717) is 42.1 Å². The number of nitrogens with one attached hydrogen (secondary N) is 2. The van der Waals surface area contributed by atoms with Gasteiger partial charge in [0.05, 0.1) is 29.6 Å². The molecule has 10 heteroatoms. The van der Waals surface area contributed by atoms with Crippen LogP contribution in [0.1, 0.15) is 53.5 Å². The van der Waals surface area contributed by atoms with E-state index in [4.69, 9.17) is 9.47 Å². The smallest absolute Gasteiger partial charge is 0.275 e. The Balaban J connectivity index is 1.46. The fourth-order valence-electron chi connectivity index (χ4n) is 4.17. The van der Waals surface area contributed by atoms with Crippen molar-refractivity contribution in [1.29, 1.82) is 0 Å². The third kappa shape index (κ3) is 5.33. The number of nitrogens with zero attached hydrogens (tertiary/aromatic N) is 2. The van der Waals surface area contributed by atoms with Crippen molar-refractivity contribution < 1.29 is 23.9 Å². The molecule has 0 unspecified atom stereocenters. The van der Waals surface area contributed by atoms with E-state index in [2.05, 4.69) is 15.6 Å². The summed E-state index contributed by atoms with van der Waals surface area (Å²) < 4.78 is 12.2. The molecule has 0 aliphatic carbocycles. The monoisotopic (exact) mass is 472 g/mol. The number of anilines is 1. The quantitative estimate of drug-likeness (QED) is 0.669. The minimum Gasteiger partial charge on any atom is -0.490 e. The van der Waals surface area contributed by atoms with Crippen LogP contribution in [0.5, 0.6) is 5.75 Å². The lowest BCUT2D eigenvalue weighted by atomic mass is 9.94. The minimum atomic E-state index is -0.335. The van der Waals surface area contributed by atoms with Crippen LogP contribution in [0.3, 0.4) is 0 Å². The Kier molecular flexibility index (Phi) is 7.24. The molecule has 3 heterocycles. The third-order valence-electron chi connectivity index (χ3n) is 5.92. The topological polar surface area (TPSA) is 110 Å².